The Hall–Kier alpha value is -3.99. The molecule has 0 fully saturated rings. The molecule has 5 nitrogen and oxygen atoms in total. The molecule has 4 rings (SSSR count). The molecule has 0 spiro atoms. The van der Waals surface area contributed by atoms with Gasteiger partial charge in [-0.15, -0.1) is 0 Å². The van der Waals surface area contributed by atoms with Crippen LogP contribution in [-0.4, -0.2) is 15.8 Å². The topological polar surface area (TPSA) is 70.8 Å². The van der Waals surface area contributed by atoms with Crippen LogP contribution in [-0.2, 0) is 0 Å². The van der Waals surface area contributed by atoms with Crippen LogP contribution in [0.2, 0.25) is 0 Å². The zero-order chi connectivity index (χ0) is 22.7. The zero-order valence-electron chi connectivity index (χ0n) is 18.5. The normalized spacial score (nSPS) is 10.9. The highest BCUT2D eigenvalue weighted by Crippen LogP contribution is 2.26. The minimum Gasteiger partial charge on any atom is -0.339 e. The molecule has 0 radical (unpaired) electrons. The van der Waals surface area contributed by atoms with Crippen molar-refractivity contribution < 1.29 is 0 Å². The molecule has 3 aromatic carbocycles. The highest BCUT2D eigenvalue weighted by atomic mass is 16.1. The predicted octanol–water partition coefficient (Wildman–Crippen LogP) is 6.07. The van der Waals surface area contributed by atoms with Crippen LogP contribution in [0.5, 0.6) is 0 Å². The van der Waals surface area contributed by atoms with Gasteiger partial charge < -0.3 is 10.7 Å². The summed E-state index contributed by atoms with van der Waals surface area (Å²) in [5.41, 5.74) is 4.53. The third-order valence-corrected chi connectivity index (χ3v) is 5.39. The number of hydrogen-bond acceptors (Lipinski definition) is 4. The number of nitrogens with one attached hydrogen (secondary N) is 2. The lowest BCUT2D eigenvalue weighted by atomic mass is 10.0. The van der Waals surface area contributed by atoms with Gasteiger partial charge in [0.05, 0.1) is 5.69 Å². The van der Waals surface area contributed by atoms with E-state index in [0.29, 0.717) is 17.6 Å². The Labute approximate surface area is 187 Å². The van der Waals surface area contributed by atoms with Crippen molar-refractivity contribution in [1.29, 1.82) is 5.41 Å². The van der Waals surface area contributed by atoms with Crippen molar-refractivity contribution in [3.63, 3.8) is 0 Å². The number of anilines is 2. The molecule has 0 aliphatic heterocycles. The van der Waals surface area contributed by atoms with Crippen LogP contribution in [0.25, 0.3) is 17.1 Å². The molecule has 0 bridgehead atoms. The summed E-state index contributed by atoms with van der Waals surface area (Å²) in [5.74, 6) is 1.30. The summed E-state index contributed by atoms with van der Waals surface area (Å²) in [6.45, 7) is 6.29. The Kier molecular flexibility index (Phi) is 5.99. The SMILES string of the molecule is Cc1cccc(-n2c(-c3ccc(C(C)C)cc3)nc(Nc3ccccc3)c(C=N)c2=O)c1. The van der Waals surface area contributed by atoms with Crippen molar-refractivity contribution in [2.45, 2.75) is 26.7 Å². The maximum atomic E-state index is 13.6. The Morgan fingerprint density at radius 3 is 2.31 bits per heavy atom. The second-order valence-electron chi connectivity index (χ2n) is 8.09. The van der Waals surface area contributed by atoms with Gasteiger partial charge in [0.1, 0.15) is 17.2 Å². The smallest absolute Gasteiger partial charge is 0.269 e. The van der Waals surface area contributed by atoms with Crippen LogP contribution in [0.1, 0.15) is 36.5 Å². The molecule has 0 aliphatic rings. The van der Waals surface area contributed by atoms with Crippen molar-refractivity contribution in [2.24, 2.45) is 0 Å². The predicted molar refractivity (Wildman–Crippen MR) is 132 cm³/mol. The standard InChI is InChI=1S/C27H26N4O/c1-18(2)20-12-14-21(15-13-20)26-30-25(29-22-9-5-4-6-10-22)24(17-28)27(32)31(26)23-11-7-8-19(3)16-23/h4-18,28-29H,1-3H3. The molecule has 2 N–H and O–H groups in total. The van der Waals surface area contributed by atoms with Crippen molar-refractivity contribution >= 4 is 17.7 Å². The maximum Gasteiger partial charge on any atom is 0.269 e. The van der Waals surface area contributed by atoms with E-state index in [1.54, 1.807) is 4.57 Å². The van der Waals surface area contributed by atoms with E-state index in [0.717, 1.165) is 28.7 Å². The van der Waals surface area contributed by atoms with Crippen LogP contribution >= 0.6 is 0 Å². The zero-order valence-corrected chi connectivity index (χ0v) is 18.5. The van der Waals surface area contributed by atoms with Gasteiger partial charge in [-0.05, 0) is 48.2 Å². The first-order valence-corrected chi connectivity index (χ1v) is 10.6. The third-order valence-electron chi connectivity index (χ3n) is 5.39. The molecule has 0 saturated heterocycles. The maximum absolute atomic E-state index is 13.6. The summed E-state index contributed by atoms with van der Waals surface area (Å²) in [7, 11) is 0. The molecule has 1 heterocycles. The molecule has 32 heavy (non-hydrogen) atoms. The number of rotatable bonds is 6. The van der Waals surface area contributed by atoms with Gasteiger partial charge in [0.25, 0.3) is 5.56 Å². The number of aromatic nitrogens is 2. The average Bonchev–Trinajstić information content (AvgIpc) is 2.79. The summed E-state index contributed by atoms with van der Waals surface area (Å²) in [6.07, 6.45) is 1.07. The van der Waals surface area contributed by atoms with Gasteiger partial charge in [-0.25, -0.2) is 4.98 Å². The molecule has 5 heteroatoms. The molecule has 0 aliphatic carbocycles. The molecule has 1 aromatic heterocycles. The van der Waals surface area contributed by atoms with Gasteiger partial charge >= 0.3 is 0 Å². The van der Waals surface area contributed by atoms with Crippen molar-refractivity contribution in [3.8, 4) is 17.1 Å². The van der Waals surface area contributed by atoms with Crippen LogP contribution in [0.3, 0.4) is 0 Å². The van der Waals surface area contributed by atoms with Crippen LogP contribution < -0.4 is 10.9 Å². The molecule has 4 aromatic rings. The summed E-state index contributed by atoms with van der Waals surface area (Å²) >= 11 is 0. The Morgan fingerprint density at radius 2 is 1.69 bits per heavy atom. The van der Waals surface area contributed by atoms with E-state index in [1.165, 1.54) is 5.56 Å². The van der Waals surface area contributed by atoms with Crippen LogP contribution in [0.4, 0.5) is 11.5 Å². The monoisotopic (exact) mass is 422 g/mol. The van der Waals surface area contributed by atoms with Crippen molar-refractivity contribution in [2.75, 3.05) is 5.32 Å². The van der Waals surface area contributed by atoms with Crippen LogP contribution in [0.15, 0.2) is 83.7 Å². The highest BCUT2D eigenvalue weighted by molar-refractivity contribution is 5.86. The first-order chi connectivity index (χ1) is 15.5. The molecular weight excluding hydrogens is 396 g/mol. The van der Waals surface area contributed by atoms with Crippen molar-refractivity contribution in [1.82, 2.24) is 9.55 Å². The lowest BCUT2D eigenvalue weighted by Gasteiger charge is -2.17. The lowest BCUT2D eigenvalue weighted by Crippen LogP contribution is -2.26. The lowest BCUT2D eigenvalue weighted by molar-refractivity contribution is 0.866. The molecule has 0 saturated carbocycles. The second kappa shape index (κ2) is 9.02. The molecule has 160 valence electrons. The molecule has 0 unspecified atom stereocenters. The summed E-state index contributed by atoms with van der Waals surface area (Å²) in [5, 5.41) is 11.1. The molecule has 0 amide bonds. The largest absolute Gasteiger partial charge is 0.339 e. The Balaban J connectivity index is 1.97. The van der Waals surface area contributed by atoms with E-state index in [2.05, 4.69) is 31.3 Å². The van der Waals surface area contributed by atoms with E-state index in [4.69, 9.17) is 10.4 Å². The van der Waals surface area contributed by atoms with Gasteiger partial charge in [0, 0.05) is 17.5 Å². The number of aryl methyl sites for hydroxylation is 1. The Bertz CT molecular complexity index is 1310. The Morgan fingerprint density at radius 1 is 0.969 bits per heavy atom. The fraction of sp³-hybridized carbons (Fsp3) is 0.148. The number of hydrogen-bond donors (Lipinski definition) is 2. The van der Waals surface area contributed by atoms with Gasteiger partial charge in [-0.1, -0.05) is 68.4 Å². The molecular formula is C27H26N4O. The highest BCUT2D eigenvalue weighted by Gasteiger charge is 2.18. The van der Waals surface area contributed by atoms with Gasteiger partial charge in [0.15, 0.2) is 0 Å². The van der Waals surface area contributed by atoms with Crippen molar-refractivity contribution in [3.05, 3.63) is 106 Å². The first-order valence-electron chi connectivity index (χ1n) is 10.6. The third kappa shape index (κ3) is 4.23. The van der Waals surface area contributed by atoms with Gasteiger partial charge in [-0.3, -0.25) is 9.36 Å². The summed E-state index contributed by atoms with van der Waals surface area (Å²) in [4.78, 5) is 18.5. The van der Waals surface area contributed by atoms with Gasteiger partial charge in [-0.2, -0.15) is 0 Å². The van der Waals surface area contributed by atoms with E-state index in [1.807, 2.05) is 73.7 Å². The number of nitrogens with zero attached hydrogens (tertiary/aromatic N) is 2. The van der Waals surface area contributed by atoms with E-state index >= 15 is 0 Å². The summed E-state index contributed by atoms with van der Waals surface area (Å²) in [6, 6.07) is 25.4. The molecule has 0 atom stereocenters. The quantitative estimate of drug-likeness (QED) is 0.370. The average molecular weight is 423 g/mol. The number of para-hydroxylation sites is 1. The first kappa shape index (κ1) is 21.2. The van der Waals surface area contributed by atoms with E-state index in [-0.39, 0.29) is 11.1 Å². The van der Waals surface area contributed by atoms with Crippen LogP contribution in [0, 0.1) is 12.3 Å². The summed E-state index contributed by atoms with van der Waals surface area (Å²) < 4.78 is 1.59. The fourth-order valence-electron chi connectivity index (χ4n) is 3.63. The minimum atomic E-state index is -0.290. The van der Waals surface area contributed by atoms with E-state index < -0.39 is 0 Å². The van der Waals surface area contributed by atoms with Gasteiger partial charge in [0.2, 0.25) is 0 Å². The number of benzene rings is 3. The second-order valence-corrected chi connectivity index (χ2v) is 8.09. The van der Waals surface area contributed by atoms with E-state index in [9.17, 15) is 4.79 Å². The minimum absolute atomic E-state index is 0.206. The fourth-order valence-corrected chi connectivity index (χ4v) is 3.63.